The molecule has 0 aliphatic heterocycles. The molecule has 0 atom stereocenters. The Bertz CT molecular complexity index is 560. The minimum absolute atomic E-state index is 0.0681. The van der Waals surface area contributed by atoms with Crippen molar-refractivity contribution in [3.05, 3.63) is 11.5 Å². The normalized spacial score (nSPS) is 12.0. The van der Waals surface area contributed by atoms with Crippen LogP contribution in [0.1, 0.15) is 148 Å². The van der Waals surface area contributed by atoms with Crippen molar-refractivity contribution in [1.82, 2.24) is 4.72 Å². The van der Waals surface area contributed by atoms with Crippen molar-refractivity contribution in [3.8, 4) is 0 Å². The zero-order chi connectivity index (χ0) is 24.5. The van der Waals surface area contributed by atoms with Gasteiger partial charge in [0.05, 0.1) is 6.42 Å². The minimum Gasteiger partial charge on any atom is -0.481 e. The fraction of sp³-hybridized carbons (Fsp3) is 0.889. The summed E-state index contributed by atoms with van der Waals surface area (Å²) >= 11 is 0. The molecule has 0 aromatic rings. The van der Waals surface area contributed by atoms with E-state index in [1.54, 1.807) is 6.08 Å². The van der Waals surface area contributed by atoms with Crippen LogP contribution in [0.3, 0.4) is 0 Å². The maximum Gasteiger partial charge on any atom is 0.304 e. The van der Waals surface area contributed by atoms with Gasteiger partial charge in [0, 0.05) is 12.0 Å². The number of carboxylic acid groups (broad SMARTS) is 1. The van der Waals surface area contributed by atoms with Crippen LogP contribution < -0.4 is 4.72 Å². The van der Waals surface area contributed by atoms with E-state index in [1.165, 1.54) is 116 Å². The zero-order valence-corrected chi connectivity index (χ0v) is 22.3. The number of hydrogen-bond acceptors (Lipinski definition) is 3. The van der Waals surface area contributed by atoms with Crippen LogP contribution in [0.2, 0.25) is 0 Å². The number of unbranched alkanes of at least 4 members (excludes halogenated alkanes) is 20. The summed E-state index contributed by atoms with van der Waals surface area (Å²) in [5.74, 6) is -1.01. The second-order valence-corrected chi connectivity index (χ2v) is 11.1. The molecule has 0 saturated heterocycles. The molecule has 0 amide bonds. The van der Waals surface area contributed by atoms with Gasteiger partial charge in [-0.25, -0.2) is 13.1 Å². The van der Waals surface area contributed by atoms with E-state index in [1.807, 2.05) is 0 Å². The van der Waals surface area contributed by atoms with Crippen LogP contribution >= 0.6 is 0 Å². The van der Waals surface area contributed by atoms with Gasteiger partial charge >= 0.3 is 5.97 Å². The third-order valence-corrected chi connectivity index (χ3v) is 7.30. The van der Waals surface area contributed by atoms with Crippen molar-refractivity contribution in [2.24, 2.45) is 0 Å². The smallest absolute Gasteiger partial charge is 0.304 e. The van der Waals surface area contributed by atoms with Crippen LogP contribution in [-0.4, -0.2) is 26.0 Å². The molecule has 0 rings (SSSR count). The van der Waals surface area contributed by atoms with E-state index >= 15 is 0 Å². The zero-order valence-electron chi connectivity index (χ0n) is 21.5. The largest absolute Gasteiger partial charge is 0.481 e. The Balaban J connectivity index is 3.26. The van der Waals surface area contributed by atoms with Crippen LogP contribution in [-0.2, 0) is 14.8 Å². The molecule has 6 heteroatoms. The van der Waals surface area contributed by atoms with E-state index in [4.69, 9.17) is 5.11 Å². The molecule has 33 heavy (non-hydrogen) atoms. The highest BCUT2D eigenvalue weighted by Gasteiger charge is 2.05. The molecule has 0 heterocycles. The Morgan fingerprint density at radius 1 is 0.667 bits per heavy atom. The molecular formula is C27H53NO4S. The molecule has 0 aromatic heterocycles. The highest BCUT2D eigenvalue weighted by atomic mass is 32.2. The van der Waals surface area contributed by atoms with E-state index in [2.05, 4.69) is 11.6 Å². The highest BCUT2D eigenvalue weighted by Crippen LogP contribution is 2.15. The van der Waals surface area contributed by atoms with Crippen LogP contribution in [0.15, 0.2) is 11.5 Å². The Kier molecular flexibility index (Phi) is 23.6. The Labute approximate surface area is 205 Å². The van der Waals surface area contributed by atoms with E-state index in [0.717, 1.165) is 24.7 Å². The topological polar surface area (TPSA) is 83.5 Å². The van der Waals surface area contributed by atoms with Crippen LogP contribution in [0.4, 0.5) is 0 Å². The quantitative estimate of drug-likeness (QED) is 0.121. The molecule has 0 aliphatic carbocycles. The Hall–Kier alpha value is -0.880. The predicted molar refractivity (Wildman–Crippen MR) is 141 cm³/mol. The number of nitrogens with one attached hydrogen (secondary N) is 1. The van der Waals surface area contributed by atoms with Gasteiger partial charge in [0.25, 0.3) is 0 Å². The first kappa shape index (κ1) is 32.1. The molecule has 0 aromatic carbocycles. The Morgan fingerprint density at radius 2 is 1.03 bits per heavy atom. The van der Waals surface area contributed by atoms with Gasteiger partial charge in [-0.05, 0) is 12.8 Å². The van der Waals surface area contributed by atoms with Crippen molar-refractivity contribution < 1.29 is 18.3 Å². The molecule has 0 saturated carbocycles. The lowest BCUT2D eigenvalue weighted by Gasteiger charge is -2.04. The maximum absolute atomic E-state index is 11.6. The van der Waals surface area contributed by atoms with Crippen LogP contribution in [0.5, 0.6) is 0 Å². The number of carboxylic acids is 1. The molecular weight excluding hydrogens is 434 g/mol. The maximum atomic E-state index is 11.6. The monoisotopic (exact) mass is 487 g/mol. The third-order valence-electron chi connectivity index (χ3n) is 6.14. The average molecular weight is 488 g/mol. The molecule has 196 valence electrons. The van der Waals surface area contributed by atoms with Gasteiger partial charge in [-0.1, -0.05) is 135 Å². The van der Waals surface area contributed by atoms with Gasteiger partial charge in [-0.15, -0.1) is 0 Å². The van der Waals surface area contributed by atoms with Crippen molar-refractivity contribution >= 4 is 16.0 Å². The van der Waals surface area contributed by atoms with Gasteiger partial charge in [-0.2, -0.15) is 0 Å². The van der Waals surface area contributed by atoms with Crippen molar-refractivity contribution in [1.29, 1.82) is 0 Å². The van der Waals surface area contributed by atoms with Crippen LogP contribution in [0, 0.1) is 0 Å². The minimum atomic E-state index is -3.50. The molecule has 5 nitrogen and oxygen atoms in total. The number of sulfonamides is 1. The predicted octanol–water partition coefficient (Wildman–Crippen LogP) is 8.11. The standard InChI is InChI=1S/C27H53NO4S/c1-2-3-4-5-6-7-8-9-10-11-12-13-14-15-16-17-18-19-20-21-22-23-26-33(31,32)28-25-24-27(29)30/h23,26,28H,2-22,24-25H2,1H3,(H,29,30)/b26-23+. The second-order valence-electron chi connectivity index (χ2n) is 9.46. The van der Waals surface area contributed by atoms with Crippen molar-refractivity contribution in [3.63, 3.8) is 0 Å². The number of aliphatic carboxylic acids is 1. The SMILES string of the molecule is CCCCCCCCCCCCCCCCCCCCCC/C=C/S(=O)(=O)NCCC(=O)O. The summed E-state index contributed by atoms with van der Waals surface area (Å²) in [4.78, 5) is 10.4. The molecule has 0 spiro atoms. The summed E-state index contributed by atoms with van der Waals surface area (Å²) in [6.45, 7) is 2.21. The number of rotatable bonds is 26. The summed E-state index contributed by atoms with van der Waals surface area (Å²) in [6.07, 6.45) is 29.3. The number of allylic oxidation sites excluding steroid dienone is 1. The van der Waals surface area contributed by atoms with E-state index in [-0.39, 0.29) is 13.0 Å². The lowest BCUT2D eigenvalue weighted by molar-refractivity contribution is -0.136. The molecule has 0 fully saturated rings. The summed E-state index contributed by atoms with van der Waals surface area (Å²) in [5, 5.41) is 9.68. The summed E-state index contributed by atoms with van der Waals surface area (Å²) < 4.78 is 25.5. The third kappa shape index (κ3) is 27.2. The van der Waals surface area contributed by atoms with Gasteiger partial charge < -0.3 is 5.11 Å². The molecule has 0 aliphatic rings. The van der Waals surface area contributed by atoms with Gasteiger partial charge in [-0.3, -0.25) is 4.79 Å². The summed E-state index contributed by atoms with van der Waals surface area (Å²) in [5.41, 5.74) is 0. The van der Waals surface area contributed by atoms with E-state index in [0.29, 0.717) is 0 Å². The molecule has 0 bridgehead atoms. The van der Waals surface area contributed by atoms with Crippen LogP contribution in [0.25, 0.3) is 0 Å². The van der Waals surface area contributed by atoms with Crippen molar-refractivity contribution in [2.75, 3.05) is 6.54 Å². The fourth-order valence-electron chi connectivity index (χ4n) is 4.06. The molecule has 0 unspecified atom stereocenters. The summed E-state index contributed by atoms with van der Waals surface area (Å²) in [6, 6.07) is 0. The second kappa shape index (κ2) is 24.3. The van der Waals surface area contributed by atoms with Crippen molar-refractivity contribution in [2.45, 2.75) is 148 Å². The van der Waals surface area contributed by atoms with Gasteiger partial charge in [0.15, 0.2) is 0 Å². The highest BCUT2D eigenvalue weighted by molar-refractivity contribution is 7.92. The van der Waals surface area contributed by atoms with Gasteiger partial charge in [0.2, 0.25) is 10.0 Å². The Morgan fingerprint density at radius 3 is 1.39 bits per heavy atom. The average Bonchev–Trinajstić information content (AvgIpc) is 2.76. The lowest BCUT2D eigenvalue weighted by Crippen LogP contribution is -2.24. The first-order chi connectivity index (χ1) is 16.0. The lowest BCUT2D eigenvalue weighted by atomic mass is 10.0. The molecule has 0 radical (unpaired) electrons. The number of carbonyl (C=O) groups is 1. The van der Waals surface area contributed by atoms with Gasteiger partial charge in [0.1, 0.15) is 0 Å². The summed E-state index contributed by atoms with van der Waals surface area (Å²) in [7, 11) is -3.50. The first-order valence-corrected chi connectivity index (χ1v) is 15.4. The molecule has 2 N–H and O–H groups in total. The van der Waals surface area contributed by atoms with E-state index < -0.39 is 16.0 Å². The number of hydrogen-bond donors (Lipinski definition) is 2. The van der Waals surface area contributed by atoms with E-state index in [9.17, 15) is 13.2 Å². The first-order valence-electron chi connectivity index (χ1n) is 13.9. The fourth-order valence-corrected chi connectivity index (χ4v) is 4.93.